The number of nitrogens with zero attached hydrogens (tertiary/aromatic N) is 1. The Bertz CT molecular complexity index is 207. The summed E-state index contributed by atoms with van der Waals surface area (Å²) in [5.74, 6) is 1.47. The number of likely N-dealkylation sites (N-methyl/N-ethyl adjacent to an activating group) is 1. The third kappa shape index (κ3) is 9.42. The molecular formula is C16H36N2O. The van der Waals surface area contributed by atoms with Gasteiger partial charge in [0, 0.05) is 6.54 Å². The monoisotopic (exact) mass is 272 g/mol. The number of aliphatic hydroxyl groups excluding tert-OH is 1. The van der Waals surface area contributed by atoms with Gasteiger partial charge in [-0.1, -0.05) is 34.6 Å². The minimum atomic E-state index is -0.178. The second-order valence-corrected chi connectivity index (χ2v) is 6.89. The maximum absolute atomic E-state index is 9.63. The summed E-state index contributed by atoms with van der Waals surface area (Å²) in [5, 5.41) is 13.1. The van der Waals surface area contributed by atoms with Crippen molar-refractivity contribution >= 4 is 0 Å². The van der Waals surface area contributed by atoms with Gasteiger partial charge >= 0.3 is 0 Å². The fourth-order valence-corrected chi connectivity index (χ4v) is 2.23. The minimum absolute atomic E-state index is 0.178. The van der Waals surface area contributed by atoms with Gasteiger partial charge in [0.15, 0.2) is 0 Å². The molecule has 1 unspecified atom stereocenters. The average Bonchev–Trinajstić information content (AvgIpc) is 2.32. The predicted molar refractivity (Wildman–Crippen MR) is 84.5 cm³/mol. The Balaban J connectivity index is 4.44. The van der Waals surface area contributed by atoms with Gasteiger partial charge in [-0.25, -0.2) is 0 Å². The lowest BCUT2D eigenvalue weighted by Gasteiger charge is -2.35. The molecular weight excluding hydrogens is 236 g/mol. The van der Waals surface area contributed by atoms with E-state index in [9.17, 15) is 5.11 Å². The fourth-order valence-electron chi connectivity index (χ4n) is 2.23. The summed E-state index contributed by atoms with van der Waals surface area (Å²) in [5.41, 5.74) is -0.178. The van der Waals surface area contributed by atoms with E-state index in [1.807, 2.05) is 0 Å². The van der Waals surface area contributed by atoms with Crippen LogP contribution in [0.15, 0.2) is 0 Å². The molecule has 0 heterocycles. The van der Waals surface area contributed by atoms with Crippen molar-refractivity contribution in [1.29, 1.82) is 0 Å². The Hall–Kier alpha value is -0.120. The van der Waals surface area contributed by atoms with Crippen molar-refractivity contribution in [2.75, 3.05) is 32.8 Å². The van der Waals surface area contributed by atoms with E-state index in [1.165, 1.54) is 12.8 Å². The first-order chi connectivity index (χ1) is 8.83. The summed E-state index contributed by atoms with van der Waals surface area (Å²) in [7, 11) is 0. The van der Waals surface area contributed by atoms with E-state index < -0.39 is 0 Å². The topological polar surface area (TPSA) is 35.5 Å². The molecule has 3 heteroatoms. The zero-order chi connectivity index (χ0) is 14.9. The Morgan fingerprint density at radius 3 is 1.84 bits per heavy atom. The standard InChI is InChI=1S/C16H36N2O/c1-7-17-16(6,13-19)12-18(10-8-14(2)3)11-9-15(4)5/h14-15,17,19H,7-13H2,1-6H3. The quantitative estimate of drug-likeness (QED) is 0.607. The van der Waals surface area contributed by atoms with Gasteiger partial charge in [0.1, 0.15) is 0 Å². The summed E-state index contributed by atoms with van der Waals surface area (Å²) in [6.07, 6.45) is 2.46. The third-order valence-corrected chi connectivity index (χ3v) is 3.57. The normalized spacial score (nSPS) is 15.5. The Morgan fingerprint density at radius 2 is 1.53 bits per heavy atom. The Labute approximate surface area is 120 Å². The highest BCUT2D eigenvalue weighted by Gasteiger charge is 2.25. The lowest BCUT2D eigenvalue weighted by molar-refractivity contribution is 0.115. The highest BCUT2D eigenvalue weighted by atomic mass is 16.3. The van der Waals surface area contributed by atoms with Gasteiger partial charge in [0.25, 0.3) is 0 Å². The van der Waals surface area contributed by atoms with Crippen molar-refractivity contribution in [2.45, 2.75) is 59.9 Å². The number of nitrogens with one attached hydrogen (secondary N) is 1. The molecule has 0 radical (unpaired) electrons. The number of aliphatic hydroxyl groups is 1. The van der Waals surface area contributed by atoms with Crippen LogP contribution in [0.4, 0.5) is 0 Å². The van der Waals surface area contributed by atoms with E-state index in [4.69, 9.17) is 0 Å². The van der Waals surface area contributed by atoms with Gasteiger partial charge in [-0.3, -0.25) is 0 Å². The van der Waals surface area contributed by atoms with E-state index in [-0.39, 0.29) is 12.1 Å². The van der Waals surface area contributed by atoms with Crippen LogP contribution in [0, 0.1) is 11.8 Å². The smallest absolute Gasteiger partial charge is 0.0623 e. The molecule has 0 saturated heterocycles. The van der Waals surface area contributed by atoms with Crippen molar-refractivity contribution in [3.8, 4) is 0 Å². The van der Waals surface area contributed by atoms with Crippen molar-refractivity contribution in [3.63, 3.8) is 0 Å². The summed E-state index contributed by atoms with van der Waals surface area (Å²) < 4.78 is 0. The molecule has 0 bridgehead atoms. The van der Waals surface area contributed by atoms with E-state index >= 15 is 0 Å². The molecule has 0 saturated carbocycles. The SMILES string of the molecule is CCNC(C)(CO)CN(CCC(C)C)CCC(C)C. The highest BCUT2D eigenvalue weighted by molar-refractivity contribution is 4.86. The van der Waals surface area contributed by atoms with Gasteiger partial charge in [-0.15, -0.1) is 0 Å². The molecule has 0 aromatic rings. The van der Waals surface area contributed by atoms with E-state index in [0.29, 0.717) is 0 Å². The van der Waals surface area contributed by atoms with Crippen LogP contribution in [-0.2, 0) is 0 Å². The summed E-state index contributed by atoms with van der Waals surface area (Å²) in [6.45, 7) is 17.6. The summed E-state index contributed by atoms with van der Waals surface area (Å²) in [6, 6.07) is 0. The van der Waals surface area contributed by atoms with Gasteiger partial charge in [-0.05, 0) is 51.2 Å². The molecule has 0 aromatic heterocycles. The maximum Gasteiger partial charge on any atom is 0.0623 e. The molecule has 0 amide bonds. The lowest BCUT2D eigenvalue weighted by Crippen LogP contribution is -2.54. The molecule has 0 rings (SSSR count). The largest absolute Gasteiger partial charge is 0.394 e. The Kier molecular flexibility index (Phi) is 9.67. The van der Waals surface area contributed by atoms with Crippen LogP contribution >= 0.6 is 0 Å². The number of hydrogen-bond acceptors (Lipinski definition) is 3. The minimum Gasteiger partial charge on any atom is -0.394 e. The van der Waals surface area contributed by atoms with Crippen LogP contribution < -0.4 is 5.32 Å². The van der Waals surface area contributed by atoms with E-state index in [1.54, 1.807) is 0 Å². The van der Waals surface area contributed by atoms with Gasteiger partial charge < -0.3 is 15.3 Å². The second-order valence-electron chi connectivity index (χ2n) is 6.89. The molecule has 2 N–H and O–H groups in total. The zero-order valence-electron chi connectivity index (χ0n) is 14.0. The molecule has 0 aromatic carbocycles. The first kappa shape index (κ1) is 18.9. The molecule has 0 aliphatic heterocycles. The zero-order valence-corrected chi connectivity index (χ0v) is 14.0. The predicted octanol–water partition coefficient (Wildman–Crippen LogP) is 2.74. The van der Waals surface area contributed by atoms with Crippen LogP contribution in [0.1, 0.15) is 54.4 Å². The second kappa shape index (κ2) is 9.73. The van der Waals surface area contributed by atoms with Crippen molar-refractivity contribution in [3.05, 3.63) is 0 Å². The molecule has 3 nitrogen and oxygen atoms in total. The van der Waals surface area contributed by atoms with Crippen LogP contribution in [0.3, 0.4) is 0 Å². The Morgan fingerprint density at radius 1 is 1.05 bits per heavy atom. The molecule has 0 spiro atoms. The molecule has 0 fully saturated rings. The number of hydrogen-bond donors (Lipinski definition) is 2. The van der Waals surface area contributed by atoms with Crippen LogP contribution in [0.25, 0.3) is 0 Å². The first-order valence-corrected chi connectivity index (χ1v) is 7.91. The molecule has 0 aliphatic carbocycles. The van der Waals surface area contributed by atoms with E-state index in [2.05, 4.69) is 51.8 Å². The van der Waals surface area contributed by atoms with Crippen LogP contribution in [-0.4, -0.2) is 48.3 Å². The first-order valence-electron chi connectivity index (χ1n) is 7.91. The summed E-state index contributed by atoms with van der Waals surface area (Å²) >= 11 is 0. The van der Waals surface area contributed by atoms with Gasteiger partial charge in [-0.2, -0.15) is 0 Å². The molecule has 116 valence electrons. The van der Waals surface area contributed by atoms with Crippen molar-refractivity contribution in [2.24, 2.45) is 11.8 Å². The number of rotatable bonds is 11. The maximum atomic E-state index is 9.63. The molecule has 1 atom stereocenters. The molecule has 19 heavy (non-hydrogen) atoms. The fraction of sp³-hybridized carbons (Fsp3) is 1.00. The van der Waals surface area contributed by atoms with Crippen LogP contribution in [0.2, 0.25) is 0 Å². The van der Waals surface area contributed by atoms with E-state index in [0.717, 1.165) is 38.0 Å². The lowest BCUT2D eigenvalue weighted by atomic mass is 10.0. The highest BCUT2D eigenvalue weighted by Crippen LogP contribution is 2.11. The third-order valence-electron chi connectivity index (χ3n) is 3.57. The van der Waals surface area contributed by atoms with Gasteiger partial charge in [0.05, 0.1) is 12.1 Å². The van der Waals surface area contributed by atoms with Crippen molar-refractivity contribution < 1.29 is 5.11 Å². The molecule has 0 aliphatic rings. The van der Waals surface area contributed by atoms with Gasteiger partial charge in [0.2, 0.25) is 0 Å². The summed E-state index contributed by atoms with van der Waals surface area (Å²) in [4.78, 5) is 2.51. The van der Waals surface area contributed by atoms with Crippen LogP contribution in [0.5, 0.6) is 0 Å². The average molecular weight is 272 g/mol. The van der Waals surface area contributed by atoms with Crippen molar-refractivity contribution in [1.82, 2.24) is 10.2 Å².